The van der Waals surface area contributed by atoms with Gasteiger partial charge >= 0.3 is 0 Å². The van der Waals surface area contributed by atoms with Crippen LogP contribution in [0.2, 0.25) is 0 Å². The second-order valence-electron chi connectivity index (χ2n) is 7.65. The first kappa shape index (κ1) is 19.8. The Labute approximate surface area is 185 Å². The van der Waals surface area contributed by atoms with E-state index < -0.39 is 0 Å². The molecule has 0 saturated heterocycles. The van der Waals surface area contributed by atoms with Gasteiger partial charge < -0.3 is 19.4 Å². The minimum Gasteiger partial charge on any atom is -0.496 e. The molecule has 6 heteroatoms. The van der Waals surface area contributed by atoms with Crippen molar-refractivity contribution in [2.75, 3.05) is 20.8 Å². The number of hydrogen-bond donors (Lipinski definition) is 1. The first-order valence-corrected chi connectivity index (χ1v) is 11.1. The van der Waals surface area contributed by atoms with Crippen molar-refractivity contribution in [2.24, 2.45) is 0 Å². The number of para-hydroxylation sites is 2. The molecular weight excluding hydrogens is 408 g/mol. The zero-order valence-electron chi connectivity index (χ0n) is 17.6. The molecule has 1 aliphatic heterocycles. The van der Waals surface area contributed by atoms with Crippen molar-refractivity contribution >= 4 is 28.1 Å². The van der Waals surface area contributed by atoms with E-state index in [9.17, 15) is 4.79 Å². The van der Waals surface area contributed by atoms with Crippen molar-refractivity contribution in [3.05, 3.63) is 87.2 Å². The lowest BCUT2D eigenvalue weighted by Gasteiger charge is -2.36. The molecule has 0 spiro atoms. The van der Waals surface area contributed by atoms with Crippen molar-refractivity contribution in [1.82, 2.24) is 9.88 Å². The second kappa shape index (κ2) is 8.21. The van der Waals surface area contributed by atoms with Crippen LogP contribution in [0.3, 0.4) is 0 Å². The smallest absolute Gasteiger partial charge is 0.264 e. The summed E-state index contributed by atoms with van der Waals surface area (Å²) in [5.74, 6) is 0.815. The Morgan fingerprint density at radius 1 is 1.10 bits per heavy atom. The summed E-state index contributed by atoms with van der Waals surface area (Å²) in [5, 5.41) is 1.23. The van der Waals surface area contributed by atoms with Gasteiger partial charge in [-0.2, -0.15) is 0 Å². The molecule has 3 heterocycles. The molecule has 1 atom stereocenters. The number of amides is 1. The SMILES string of the molecule is COCc1ccc(C(=O)N2CCc3c([nH]c4ccccc34)[C@@H]2c2ccccc2OC)s1. The monoisotopic (exact) mass is 432 g/mol. The van der Waals surface area contributed by atoms with Crippen LogP contribution in [0.15, 0.2) is 60.7 Å². The summed E-state index contributed by atoms with van der Waals surface area (Å²) in [6.45, 7) is 1.16. The average Bonchev–Trinajstić information content (AvgIpc) is 3.43. The largest absolute Gasteiger partial charge is 0.496 e. The fraction of sp³-hybridized carbons (Fsp3) is 0.240. The molecule has 0 radical (unpaired) electrons. The van der Waals surface area contributed by atoms with Gasteiger partial charge in [-0.1, -0.05) is 36.4 Å². The highest BCUT2D eigenvalue weighted by atomic mass is 32.1. The predicted octanol–water partition coefficient (Wildman–Crippen LogP) is 5.17. The second-order valence-corrected chi connectivity index (χ2v) is 8.82. The molecule has 2 aromatic heterocycles. The van der Waals surface area contributed by atoms with Crippen LogP contribution in [0.1, 0.15) is 37.4 Å². The minimum atomic E-state index is -0.243. The third kappa shape index (κ3) is 3.42. The Bertz CT molecular complexity index is 1240. The van der Waals surface area contributed by atoms with Gasteiger partial charge in [0.1, 0.15) is 11.8 Å². The van der Waals surface area contributed by atoms with E-state index in [-0.39, 0.29) is 11.9 Å². The van der Waals surface area contributed by atoms with Gasteiger partial charge in [0, 0.05) is 40.7 Å². The van der Waals surface area contributed by atoms with Crippen LogP contribution in [0.5, 0.6) is 5.75 Å². The number of aromatic amines is 1. The Balaban J connectivity index is 1.64. The minimum absolute atomic E-state index is 0.0348. The topological polar surface area (TPSA) is 54.6 Å². The first-order chi connectivity index (χ1) is 15.2. The number of carbonyl (C=O) groups excluding carboxylic acids is 1. The van der Waals surface area contributed by atoms with E-state index in [1.54, 1.807) is 14.2 Å². The molecule has 1 N–H and O–H groups in total. The lowest BCUT2D eigenvalue weighted by Crippen LogP contribution is -2.40. The van der Waals surface area contributed by atoms with E-state index >= 15 is 0 Å². The zero-order valence-corrected chi connectivity index (χ0v) is 18.4. The van der Waals surface area contributed by atoms with E-state index in [1.807, 2.05) is 41.3 Å². The Kier molecular flexibility index (Phi) is 5.26. The number of carbonyl (C=O) groups is 1. The molecule has 4 aromatic rings. The number of thiophene rings is 1. The Morgan fingerprint density at radius 2 is 1.90 bits per heavy atom. The molecular formula is C25H24N2O3S. The maximum atomic E-state index is 13.7. The standard InChI is InChI=1S/C25H24N2O3S/c1-29-15-16-11-12-22(31-16)25(28)27-14-13-18-17-7-3-5-9-20(17)26-23(18)24(27)19-8-4-6-10-21(19)30-2/h3-12,24,26H,13-15H2,1-2H3/t24-/m0/s1. The Hall–Kier alpha value is -3.09. The van der Waals surface area contributed by atoms with E-state index in [0.29, 0.717) is 13.2 Å². The highest BCUT2D eigenvalue weighted by molar-refractivity contribution is 7.14. The van der Waals surface area contributed by atoms with Crippen molar-refractivity contribution in [1.29, 1.82) is 0 Å². The molecule has 31 heavy (non-hydrogen) atoms. The summed E-state index contributed by atoms with van der Waals surface area (Å²) in [5.41, 5.74) is 4.43. The quantitative estimate of drug-likeness (QED) is 0.473. The van der Waals surface area contributed by atoms with Crippen LogP contribution in [-0.2, 0) is 17.8 Å². The fourth-order valence-corrected chi connectivity index (χ4v) is 5.47. The van der Waals surface area contributed by atoms with Crippen molar-refractivity contribution in [3.8, 4) is 5.75 Å². The number of benzene rings is 2. The van der Waals surface area contributed by atoms with Crippen LogP contribution >= 0.6 is 11.3 Å². The van der Waals surface area contributed by atoms with Gasteiger partial charge in [0.2, 0.25) is 0 Å². The molecule has 5 rings (SSSR count). The molecule has 2 aromatic carbocycles. The third-order valence-electron chi connectivity index (χ3n) is 5.89. The number of hydrogen-bond acceptors (Lipinski definition) is 4. The van der Waals surface area contributed by atoms with Crippen LogP contribution < -0.4 is 4.74 Å². The zero-order chi connectivity index (χ0) is 21.4. The summed E-state index contributed by atoms with van der Waals surface area (Å²) < 4.78 is 10.9. The van der Waals surface area contributed by atoms with Crippen LogP contribution in [0.4, 0.5) is 0 Å². The maximum absolute atomic E-state index is 13.7. The highest BCUT2D eigenvalue weighted by Gasteiger charge is 2.36. The number of ether oxygens (including phenoxy) is 2. The highest BCUT2D eigenvalue weighted by Crippen LogP contribution is 2.42. The van der Waals surface area contributed by atoms with Crippen molar-refractivity contribution in [3.63, 3.8) is 0 Å². The molecule has 5 nitrogen and oxygen atoms in total. The molecule has 0 fully saturated rings. The Morgan fingerprint density at radius 3 is 2.74 bits per heavy atom. The summed E-state index contributed by atoms with van der Waals surface area (Å²) in [6, 6.07) is 19.9. The molecule has 0 unspecified atom stereocenters. The van der Waals surface area contributed by atoms with Crippen LogP contribution in [-0.4, -0.2) is 36.6 Å². The molecule has 158 valence electrons. The lowest BCUT2D eigenvalue weighted by atomic mass is 9.91. The maximum Gasteiger partial charge on any atom is 0.264 e. The number of nitrogens with one attached hydrogen (secondary N) is 1. The van der Waals surface area contributed by atoms with Gasteiger partial charge in [-0.3, -0.25) is 4.79 Å². The van der Waals surface area contributed by atoms with E-state index in [4.69, 9.17) is 9.47 Å². The van der Waals surface area contributed by atoms with Gasteiger partial charge in [0.05, 0.1) is 18.6 Å². The van der Waals surface area contributed by atoms with E-state index in [0.717, 1.165) is 38.7 Å². The van der Waals surface area contributed by atoms with Gasteiger partial charge in [-0.05, 0) is 36.2 Å². The van der Waals surface area contributed by atoms with E-state index in [2.05, 4.69) is 29.2 Å². The van der Waals surface area contributed by atoms with Crippen molar-refractivity contribution < 1.29 is 14.3 Å². The normalized spacial score (nSPS) is 15.8. The summed E-state index contributed by atoms with van der Waals surface area (Å²) in [6.07, 6.45) is 0.813. The van der Waals surface area contributed by atoms with Crippen LogP contribution in [0.25, 0.3) is 10.9 Å². The van der Waals surface area contributed by atoms with Crippen LogP contribution in [0, 0.1) is 0 Å². The van der Waals surface area contributed by atoms with E-state index in [1.165, 1.54) is 22.3 Å². The van der Waals surface area contributed by atoms with Gasteiger partial charge in [0.25, 0.3) is 5.91 Å². The van der Waals surface area contributed by atoms with Gasteiger partial charge in [0.15, 0.2) is 0 Å². The summed E-state index contributed by atoms with van der Waals surface area (Å²) in [4.78, 5) is 21.0. The summed E-state index contributed by atoms with van der Waals surface area (Å²) in [7, 11) is 3.34. The summed E-state index contributed by atoms with van der Waals surface area (Å²) >= 11 is 1.50. The van der Waals surface area contributed by atoms with Gasteiger partial charge in [-0.15, -0.1) is 11.3 Å². The molecule has 0 bridgehead atoms. The number of rotatable bonds is 5. The molecule has 1 amide bonds. The first-order valence-electron chi connectivity index (χ1n) is 10.3. The van der Waals surface area contributed by atoms with Crippen molar-refractivity contribution in [2.45, 2.75) is 19.1 Å². The fourth-order valence-electron chi connectivity index (χ4n) is 4.53. The van der Waals surface area contributed by atoms with Gasteiger partial charge in [-0.25, -0.2) is 0 Å². The average molecular weight is 433 g/mol. The number of nitrogens with zero attached hydrogens (tertiary/aromatic N) is 1. The molecule has 1 aliphatic rings. The number of aromatic nitrogens is 1. The number of fused-ring (bicyclic) bond motifs is 3. The lowest BCUT2D eigenvalue weighted by molar-refractivity contribution is 0.0695. The third-order valence-corrected chi connectivity index (χ3v) is 6.93. The number of H-pyrrole nitrogens is 1. The number of methoxy groups -OCH3 is 2. The predicted molar refractivity (Wildman–Crippen MR) is 123 cm³/mol. The molecule has 0 aliphatic carbocycles. The molecule has 0 saturated carbocycles.